The number of hydrogen-bond acceptors (Lipinski definition) is 6. The van der Waals surface area contributed by atoms with Crippen LogP contribution in [0.3, 0.4) is 0 Å². The number of amides is 2. The number of fused-ring (bicyclic) bond motifs is 9. The van der Waals surface area contributed by atoms with Gasteiger partial charge in [0, 0.05) is 11.5 Å². The van der Waals surface area contributed by atoms with Gasteiger partial charge in [0.2, 0.25) is 11.8 Å². The molecule has 0 aliphatic carbocycles. The third-order valence-corrected chi connectivity index (χ3v) is 5.94. The average Bonchev–Trinajstić information content (AvgIpc) is 3.15. The zero-order chi connectivity index (χ0) is 17.7. The Morgan fingerprint density at radius 3 is 2.04 bits per heavy atom. The Bertz CT molecular complexity index is 1000. The molecule has 8 nitrogen and oxygen atoms in total. The van der Waals surface area contributed by atoms with Gasteiger partial charge in [0.1, 0.15) is 12.2 Å². The van der Waals surface area contributed by atoms with E-state index in [9.17, 15) is 19.7 Å². The summed E-state index contributed by atoms with van der Waals surface area (Å²) >= 11 is 0. The third kappa shape index (κ3) is 1.52. The number of epoxide rings is 1. The molecule has 2 aromatic carbocycles. The van der Waals surface area contributed by atoms with Crippen LogP contribution in [0.25, 0.3) is 10.8 Å². The molecule has 0 radical (unpaired) electrons. The lowest BCUT2D eigenvalue weighted by molar-refractivity contribution is -0.383. The first-order valence-corrected chi connectivity index (χ1v) is 8.43. The summed E-state index contributed by atoms with van der Waals surface area (Å²) in [7, 11) is 0. The fourth-order valence-electron chi connectivity index (χ4n) is 4.84. The van der Waals surface area contributed by atoms with Crippen molar-refractivity contribution in [2.75, 3.05) is 4.90 Å². The maximum Gasteiger partial charge on any atom is 0.277 e. The van der Waals surface area contributed by atoms with Crippen molar-refractivity contribution in [2.24, 2.45) is 11.8 Å². The molecule has 3 unspecified atom stereocenters. The maximum absolute atomic E-state index is 13.0. The van der Waals surface area contributed by atoms with Crippen molar-refractivity contribution in [3.05, 3.63) is 46.5 Å². The molecule has 4 heterocycles. The van der Waals surface area contributed by atoms with Gasteiger partial charge in [-0.1, -0.05) is 18.2 Å². The van der Waals surface area contributed by atoms with Crippen molar-refractivity contribution in [3.63, 3.8) is 0 Å². The summed E-state index contributed by atoms with van der Waals surface area (Å²) in [6, 6.07) is 9.57. The highest BCUT2D eigenvalue weighted by molar-refractivity contribution is 6.26. The molecule has 0 N–H and O–H groups in total. The second-order valence-corrected chi connectivity index (χ2v) is 7.10. The van der Waals surface area contributed by atoms with E-state index in [2.05, 4.69) is 0 Å². The fourth-order valence-corrected chi connectivity index (χ4v) is 4.84. The number of non-ortho nitro benzene ring substituents is 1. The Labute approximate surface area is 146 Å². The highest BCUT2D eigenvalue weighted by Gasteiger charge is 2.75. The molecule has 4 aliphatic heterocycles. The van der Waals surface area contributed by atoms with Crippen LogP contribution in [0.1, 0.15) is 0 Å². The monoisotopic (exact) mass is 352 g/mol. The minimum absolute atomic E-state index is 0.0540. The molecule has 2 bridgehead atoms. The number of hydrogen-bond donors (Lipinski definition) is 0. The molecule has 4 aliphatic rings. The van der Waals surface area contributed by atoms with E-state index in [-0.39, 0.29) is 41.9 Å². The van der Waals surface area contributed by atoms with E-state index in [0.717, 1.165) is 0 Å². The van der Waals surface area contributed by atoms with Crippen LogP contribution in [0.2, 0.25) is 0 Å². The number of benzene rings is 2. The van der Waals surface area contributed by atoms with Crippen LogP contribution in [0, 0.1) is 22.0 Å². The number of anilines is 1. The van der Waals surface area contributed by atoms with Gasteiger partial charge in [-0.15, -0.1) is 0 Å². The number of nitro groups is 1. The second-order valence-electron chi connectivity index (χ2n) is 7.10. The molecular weight excluding hydrogens is 340 g/mol. The Kier molecular flexibility index (Phi) is 2.46. The quantitative estimate of drug-likeness (QED) is 0.350. The van der Waals surface area contributed by atoms with Crippen LogP contribution in [-0.4, -0.2) is 41.2 Å². The third-order valence-electron chi connectivity index (χ3n) is 5.94. The van der Waals surface area contributed by atoms with Crippen LogP contribution in [0.15, 0.2) is 36.4 Å². The summed E-state index contributed by atoms with van der Waals surface area (Å²) in [5.41, 5.74) is 0.339. The first-order valence-electron chi connectivity index (χ1n) is 8.43. The highest BCUT2D eigenvalue weighted by atomic mass is 16.7. The normalized spacial score (nSPS) is 36.5. The van der Waals surface area contributed by atoms with Crippen LogP contribution in [-0.2, 0) is 19.1 Å². The van der Waals surface area contributed by atoms with Crippen LogP contribution < -0.4 is 4.90 Å². The van der Waals surface area contributed by atoms with E-state index in [0.29, 0.717) is 16.5 Å². The smallest absolute Gasteiger partial charge is 0.277 e. The van der Waals surface area contributed by atoms with E-state index < -0.39 is 16.8 Å². The van der Waals surface area contributed by atoms with Crippen LogP contribution in [0.4, 0.5) is 11.4 Å². The van der Waals surface area contributed by atoms with Crippen molar-refractivity contribution >= 4 is 34.0 Å². The van der Waals surface area contributed by atoms with Gasteiger partial charge < -0.3 is 9.47 Å². The van der Waals surface area contributed by atoms with Crippen molar-refractivity contribution in [3.8, 4) is 0 Å². The first kappa shape index (κ1) is 14.3. The summed E-state index contributed by atoms with van der Waals surface area (Å²) in [5, 5.41) is 12.2. The molecule has 130 valence electrons. The predicted molar refractivity (Wildman–Crippen MR) is 87.4 cm³/mol. The van der Waals surface area contributed by atoms with E-state index in [4.69, 9.17) is 9.47 Å². The first-order chi connectivity index (χ1) is 12.6. The topological polar surface area (TPSA) is 102 Å². The van der Waals surface area contributed by atoms with Crippen LogP contribution >= 0.6 is 0 Å². The summed E-state index contributed by atoms with van der Waals surface area (Å²) in [6.07, 6.45) is -0.875. The number of carbonyl (C=O) groups excluding carboxylic acids is 2. The Hall–Kier alpha value is -2.84. The van der Waals surface area contributed by atoms with Gasteiger partial charge in [0.05, 0.1) is 40.0 Å². The minimum atomic E-state index is -0.523. The molecule has 2 amide bonds. The van der Waals surface area contributed by atoms with Crippen molar-refractivity contribution in [1.82, 2.24) is 0 Å². The molecule has 0 saturated carbocycles. The van der Waals surface area contributed by atoms with Gasteiger partial charge in [-0.2, -0.15) is 0 Å². The number of carbonyl (C=O) groups is 2. The lowest BCUT2D eigenvalue weighted by Crippen LogP contribution is -2.35. The van der Waals surface area contributed by atoms with Gasteiger partial charge in [0.15, 0.2) is 0 Å². The molecule has 4 saturated heterocycles. The van der Waals surface area contributed by atoms with E-state index in [1.165, 1.54) is 17.0 Å². The van der Waals surface area contributed by atoms with E-state index in [1.54, 1.807) is 24.3 Å². The van der Waals surface area contributed by atoms with Gasteiger partial charge in [-0.05, 0) is 12.1 Å². The number of ether oxygens (including phenoxy) is 2. The molecule has 26 heavy (non-hydrogen) atoms. The molecule has 2 aromatic rings. The molecule has 8 heteroatoms. The van der Waals surface area contributed by atoms with Crippen molar-refractivity contribution in [2.45, 2.75) is 24.4 Å². The Morgan fingerprint density at radius 1 is 0.846 bits per heavy atom. The zero-order valence-electron chi connectivity index (χ0n) is 13.3. The molecule has 4 fully saturated rings. The number of imide groups is 1. The molecule has 0 spiro atoms. The summed E-state index contributed by atoms with van der Waals surface area (Å²) in [4.78, 5) is 38.1. The summed E-state index contributed by atoms with van der Waals surface area (Å²) < 4.78 is 11.3. The largest absolute Gasteiger partial charge is 0.368 e. The Morgan fingerprint density at radius 2 is 1.42 bits per heavy atom. The second kappa shape index (κ2) is 4.46. The van der Waals surface area contributed by atoms with E-state index >= 15 is 0 Å². The summed E-state index contributed by atoms with van der Waals surface area (Å²) in [5.74, 6) is -1.66. The average molecular weight is 352 g/mol. The summed E-state index contributed by atoms with van der Waals surface area (Å²) in [6.45, 7) is 0. The van der Waals surface area contributed by atoms with E-state index in [1.807, 2.05) is 0 Å². The lowest BCUT2D eigenvalue weighted by atomic mass is 9.81. The van der Waals surface area contributed by atoms with Gasteiger partial charge in [-0.3, -0.25) is 19.7 Å². The SMILES string of the molecule is O=C1C2C3OC([C@H]2C(=O)N1c1ccc([N+](=O)[O-])c2ccccc12)[C@@H]1O[C@H]31. The number of nitrogens with zero attached hydrogens (tertiary/aromatic N) is 2. The molecule has 6 atom stereocenters. The fraction of sp³-hybridized carbons (Fsp3) is 0.333. The molecule has 6 rings (SSSR count). The highest BCUT2D eigenvalue weighted by Crippen LogP contribution is 2.57. The lowest BCUT2D eigenvalue weighted by Gasteiger charge is -2.20. The Balaban J connectivity index is 1.50. The maximum atomic E-state index is 13.0. The van der Waals surface area contributed by atoms with Gasteiger partial charge >= 0.3 is 0 Å². The standard InChI is InChI=1S/C18H12N2O6/c21-17-11-12(14-16-15(26-16)13(11)25-14)18(22)19(17)9-5-6-10(20(23)24)8-4-2-1-3-7(8)9/h1-6,11-16H/t11-,12?,13?,14?,15-,16+/m0/s1. The van der Waals surface area contributed by atoms with Crippen molar-refractivity contribution < 1.29 is 24.0 Å². The molecule has 0 aromatic heterocycles. The number of nitro benzene ring substituents is 1. The minimum Gasteiger partial charge on any atom is -0.368 e. The zero-order valence-corrected chi connectivity index (χ0v) is 13.3. The number of rotatable bonds is 2. The van der Waals surface area contributed by atoms with Crippen molar-refractivity contribution in [1.29, 1.82) is 0 Å². The molecular formula is C18H12N2O6. The predicted octanol–water partition coefficient (Wildman–Crippen LogP) is 1.40. The van der Waals surface area contributed by atoms with Gasteiger partial charge in [0.25, 0.3) is 5.69 Å². The van der Waals surface area contributed by atoms with Gasteiger partial charge in [-0.25, -0.2) is 4.90 Å². The van der Waals surface area contributed by atoms with Crippen LogP contribution in [0.5, 0.6) is 0 Å².